The zero-order valence-corrected chi connectivity index (χ0v) is 12.2. The molecule has 0 aromatic heterocycles. The van der Waals surface area contributed by atoms with Crippen molar-refractivity contribution in [3.05, 3.63) is 34.1 Å². The molecule has 5 heteroatoms. The third-order valence-corrected chi connectivity index (χ3v) is 4.27. The van der Waals surface area contributed by atoms with Crippen molar-refractivity contribution < 1.29 is 9.18 Å². The smallest absolute Gasteiger partial charge is 0.255 e. The second-order valence-corrected chi connectivity index (χ2v) is 5.94. The summed E-state index contributed by atoms with van der Waals surface area (Å²) in [5, 5.41) is 9.06. The SMILES string of the molecule is CC1(C#N)CCN(C(=O)c2cc(F)ccc2Br)CC1. The van der Waals surface area contributed by atoms with Gasteiger partial charge in [0.05, 0.1) is 17.0 Å². The molecule has 0 radical (unpaired) electrons. The van der Waals surface area contributed by atoms with Gasteiger partial charge in [-0.3, -0.25) is 4.79 Å². The van der Waals surface area contributed by atoms with Gasteiger partial charge in [-0.05, 0) is 53.9 Å². The molecule has 0 N–H and O–H groups in total. The number of hydrogen-bond acceptors (Lipinski definition) is 2. The van der Waals surface area contributed by atoms with Gasteiger partial charge >= 0.3 is 0 Å². The van der Waals surface area contributed by atoms with Crippen LogP contribution in [0.25, 0.3) is 0 Å². The lowest BCUT2D eigenvalue weighted by Gasteiger charge is -2.35. The zero-order valence-electron chi connectivity index (χ0n) is 10.6. The minimum Gasteiger partial charge on any atom is -0.339 e. The molecule has 1 aliphatic rings. The predicted octanol–water partition coefficient (Wildman–Crippen LogP) is 3.35. The number of amides is 1. The average molecular weight is 325 g/mol. The van der Waals surface area contributed by atoms with Crippen LogP contribution in [0.5, 0.6) is 0 Å². The van der Waals surface area contributed by atoms with E-state index in [-0.39, 0.29) is 11.3 Å². The maximum absolute atomic E-state index is 13.2. The van der Waals surface area contributed by atoms with Crippen molar-refractivity contribution in [3.63, 3.8) is 0 Å². The van der Waals surface area contributed by atoms with Gasteiger partial charge in [0.25, 0.3) is 5.91 Å². The summed E-state index contributed by atoms with van der Waals surface area (Å²) in [7, 11) is 0. The van der Waals surface area contributed by atoms with Crippen LogP contribution in [0.4, 0.5) is 4.39 Å². The van der Waals surface area contributed by atoms with Gasteiger partial charge < -0.3 is 4.90 Å². The fourth-order valence-corrected chi connectivity index (χ4v) is 2.56. The fraction of sp³-hybridized carbons (Fsp3) is 0.429. The second-order valence-electron chi connectivity index (χ2n) is 5.09. The fourth-order valence-electron chi connectivity index (χ4n) is 2.15. The van der Waals surface area contributed by atoms with Gasteiger partial charge in [-0.2, -0.15) is 5.26 Å². The molecule has 0 unspecified atom stereocenters. The summed E-state index contributed by atoms with van der Waals surface area (Å²) in [6.45, 7) is 2.98. The lowest BCUT2D eigenvalue weighted by molar-refractivity contribution is 0.0660. The molecule has 0 saturated carbocycles. The first-order valence-corrected chi connectivity index (χ1v) is 6.90. The highest BCUT2D eigenvalue weighted by Crippen LogP contribution is 2.31. The predicted molar refractivity (Wildman–Crippen MR) is 73.0 cm³/mol. The number of carbonyl (C=O) groups is 1. The largest absolute Gasteiger partial charge is 0.339 e. The van der Waals surface area contributed by atoms with Gasteiger partial charge in [0.2, 0.25) is 0 Å². The molecule has 3 nitrogen and oxygen atoms in total. The van der Waals surface area contributed by atoms with E-state index in [4.69, 9.17) is 5.26 Å². The molecule has 1 saturated heterocycles. The van der Waals surface area contributed by atoms with Crippen molar-refractivity contribution in [2.45, 2.75) is 19.8 Å². The van der Waals surface area contributed by atoms with Crippen LogP contribution in [-0.2, 0) is 0 Å². The summed E-state index contributed by atoms with van der Waals surface area (Å²) in [4.78, 5) is 14.0. The Hall–Kier alpha value is -1.41. The van der Waals surface area contributed by atoms with E-state index in [1.54, 1.807) is 4.90 Å². The molecule has 0 aliphatic carbocycles. The molecule has 2 rings (SSSR count). The highest BCUT2D eigenvalue weighted by atomic mass is 79.9. The van der Waals surface area contributed by atoms with Crippen molar-refractivity contribution in [1.29, 1.82) is 5.26 Å². The molecule has 1 aliphatic heterocycles. The number of rotatable bonds is 1. The normalized spacial score (nSPS) is 17.9. The van der Waals surface area contributed by atoms with Crippen molar-refractivity contribution >= 4 is 21.8 Å². The minimum absolute atomic E-state index is 0.189. The van der Waals surface area contributed by atoms with Crippen LogP contribution in [0.15, 0.2) is 22.7 Å². The van der Waals surface area contributed by atoms with E-state index >= 15 is 0 Å². The van der Waals surface area contributed by atoms with Crippen LogP contribution in [0, 0.1) is 22.6 Å². The summed E-state index contributed by atoms with van der Waals surface area (Å²) in [6, 6.07) is 6.38. The van der Waals surface area contributed by atoms with E-state index < -0.39 is 5.82 Å². The van der Waals surface area contributed by atoms with Crippen molar-refractivity contribution in [2.75, 3.05) is 13.1 Å². The molecule has 1 amide bonds. The lowest BCUT2D eigenvalue weighted by atomic mass is 9.82. The lowest BCUT2D eigenvalue weighted by Crippen LogP contribution is -2.41. The van der Waals surface area contributed by atoms with Crippen LogP contribution in [0.2, 0.25) is 0 Å². The third-order valence-electron chi connectivity index (χ3n) is 3.58. The van der Waals surface area contributed by atoms with Crippen LogP contribution < -0.4 is 0 Å². The van der Waals surface area contributed by atoms with Gasteiger partial charge in [-0.1, -0.05) is 0 Å². The molecule has 0 spiro atoms. The topological polar surface area (TPSA) is 44.1 Å². The number of hydrogen-bond donors (Lipinski definition) is 0. The molecule has 1 heterocycles. The number of benzene rings is 1. The zero-order chi connectivity index (χ0) is 14.0. The van der Waals surface area contributed by atoms with E-state index in [9.17, 15) is 9.18 Å². The van der Waals surface area contributed by atoms with Crippen LogP contribution in [0.1, 0.15) is 30.1 Å². The van der Waals surface area contributed by atoms with E-state index in [0.717, 1.165) is 0 Å². The highest BCUT2D eigenvalue weighted by Gasteiger charge is 2.32. The number of carbonyl (C=O) groups excluding carboxylic acids is 1. The summed E-state index contributed by atoms with van der Waals surface area (Å²) in [6.07, 6.45) is 1.31. The number of likely N-dealkylation sites (tertiary alicyclic amines) is 1. The Bertz CT molecular complexity index is 545. The van der Waals surface area contributed by atoms with E-state index in [1.807, 2.05) is 6.92 Å². The van der Waals surface area contributed by atoms with Gasteiger partial charge in [0, 0.05) is 17.6 Å². The first-order chi connectivity index (χ1) is 8.95. The summed E-state index contributed by atoms with van der Waals surface area (Å²) < 4.78 is 13.8. The van der Waals surface area contributed by atoms with Gasteiger partial charge in [0.15, 0.2) is 0 Å². The summed E-state index contributed by atoms with van der Waals surface area (Å²) in [5.74, 6) is -0.614. The number of halogens is 2. The third kappa shape index (κ3) is 2.95. The van der Waals surface area contributed by atoms with Crippen molar-refractivity contribution in [1.82, 2.24) is 4.90 Å². The van der Waals surface area contributed by atoms with Crippen LogP contribution in [-0.4, -0.2) is 23.9 Å². The molecular weight excluding hydrogens is 311 g/mol. The second kappa shape index (κ2) is 5.30. The molecule has 100 valence electrons. The summed E-state index contributed by atoms with van der Waals surface area (Å²) >= 11 is 3.27. The van der Waals surface area contributed by atoms with Crippen LogP contribution >= 0.6 is 15.9 Å². The molecule has 1 fully saturated rings. The summed E-state index contributed by atoms with van der Waals surface area (Å²) in [5.41, 5.74) is -0.0174. The first-order valence-electron chi connectivity index (χ1n) is 6.11. The number of nitriles is 1. The van der Waals surface area contributed by atoms with E-state index in [0.29, 0.717) is 36.0 Å². The molecular formula is C14H14BrFN2O. The van der Waals surface area contributed by atoms with Gasteiger partial charge in [-0.15, -0.1) is 0 Å². The van der Waals surface area contributed by atoms with Crippen molar-refractivity contribution in [2.24, 2.45) is 5.41 Å². The van der Waals surface area contributed by atoms with Gasteiger partial charge in [-0.25, -0.2) is 4.39 Å². The molecule has 19 heavy (non-hydrogen) atoms. The maximum Gasteiger partial charge on any atom is 0.255 e. The van der Waals surface area contributed by atoms with Gasteiger partial charge in [0.1, 0.15) is 5.82 Å². The van der Waals surface area contributed by atoms with Crippen LogP contribution in [0.3, 0.4) is 0 Å². The Balaban J connectivity index is 2.14. The number of nitrogens with zero attached hydrogens (tertiary/aromatic N) is 2. The highest BCUT2D eigenvalue weighted by molar-refractivity contribution is 9.10. The Kier molecular flexibility index (Phi) is 3.91. The molecule has 0 atom stereocenters. The van der Waals surface area contributed by atoms with E-state index in [2.05, 4.69) is 22.0 Å². The average Bonchev–Trinajstić information content (AvgIpc) is 2.42. The van der Waals surface area contributed by atoms with Crippen molar-refractivity contribution in [3.8, 4) is 6.07 Å². The Morgan fingerprint density at radius 2 is 2.11 bits per heavy atom. The monoisotopic (exact) mass is 324 g/mol. The quantitative estimate of drug-likeness (QED) is 0.795. The Morgan fingerprint density at radius 1 is 1.47 bits per heavy atom. The Morgan fingerprint density at radius 3 is 2.68 bits per heavy atom. The molecule has 1 aromatic rings. The minimum atomic E-state index is -0.426. The molecule has 1 aromatic carbocycles. The van der Waals surface area contributed by atoms with E-state index in [1.165, 1.54) is 18.2 Å². The maximum atomic E-state index is 13.2. The number of piperidine rings is 1. The standard InChI is InChI=1S/C14H14BrFN2O/c1-14(9-17)4-6-18(7-5-14)13(19)11-8-10(16)2-3-12(11)15/h2-3,8H,4-7H2,1H3. The first kappa shape index (κ1) is 14.0. The Labute approximate surface area is 120 Å². The molecule has 0 bridgehead atoms.